The van der Waals surface area contributed by atoms with Gasteiger partial charge in [0.2, 0.25) is 0 Å². The molecule has 1 aliphatic carbocycles. The van der Waals surface area contributed by atoms with E-state index in [1.54, 1.807) is 0 Å². The van der Waals surface area contributed by atoms with Crippen molar-refractivity contribution < 1.29 is 0 Å². The van der Waals surface area contributed by atoms with Gasteiger partial charge in [0.05, 0.1) is 11.4 Å². The molecule has 0 aliphatic heterocycles. The summed E-state index contributed by atoms with van der Waals surface area (Å²) in [7, 11) is 0. The lowest BCUT2D eigenvalue weighted by molar-refractivity contribution is 0.666. The highest BCUT2D eigenvalue weighted by molar-refractivity contribution is 6.12. The molecule has 11 aromatic rings. The third kappa shape index (κ3) is 5.56. The van der Waals surface area contributed by atoms with E-state index in [2.05, 4.69) is 214 Å². The van der Waals surface area contributed by atoms with E-state index in [0.717, 1.165) is 33.5 Å². The number of benzene rings is 10. The Hall–Kier alpha value is -7.68. The summed E-state index contributed by atoms with van der Waals surface area (Å²) in [5, 5.41) is 9.76. The molecule has 0 spiro atoms. The van der Waals surface area contributed by atoms with Crippen molar-refractivity contribution in [2.75, 3.05) is 0 Å². The fourth-order valence-electron chi connectivity index (χ4n) is 10.2. The SMILES string of the molecule is CC1(C)c2cc(-c3ccc(-c4ccc(-c5nc(-c6ccccc6)cc(-c6cccc7ccccc67)n5)c5ccccc45)c4ccccc34)ccc2-c2ccc3ccccc3c21. The van der Waals surface area contributed by atoms with Crippen molar-refractivity contribution in [3.8, 4) is 67.3 Å². The van der Waals surface area contributed by atoms with Gasteiger partial charge in [-0.05, 0) is 106 Å². The molecule has 2 heteroatoms. The van der Waals surface area contributed by atoms with Gasteiger partial charge in [0.25, 0.3) is 0 Å². The topological polar surface area (TPSA) is 25.8 Å². The maximum Gasteiger partial charge on any atom is 0.161 e. The van der Waals surface area contributed by atoms with Crippen LogP contribution in [0.5, 0.6) is 0 Å². The molecule has 1 aliphatic rings. The van der Waals surface area contributed by atoms with Gasteiger partial charge in [-0.2, -0.15) is 0 Å². The van der Waals surface area contributed by atoms with Gasteiger partial charge in [-0.15, -0.1) is 0 Å². The van der Waals surface area contributed by atoms with E-state index in [-0.39, 0.29) is 5.41 Å². The normalized spacial score (nSPS) is 12.9. The Morgan fingerprint density at radius 3 is 1.54 bits per heavy atom. The highest BCUT2D eigenvalue weighted by Crippen LogP contribution is 2.52. The van der Waals surface area contributed by atoms with Gasteiger partial charge >= 0.3 is 0 Å². The molecule has 1 aromatic heterocycles. The molecule has 0 amide bonds. The van der Waals surface area contributed by atoms with Crippen LogP contribution in [0.15, 0.2) is 206 Å². The standard InChI is InChI=1S/C59H40N2/c1-59(2)54-35-40(28-29-50(54)52-30-27-38-16-7-9-21-43(38)57(52)59)42-31-32-48(45-23-11-10-22-44(42)45)49-33-34-53(47-25-13-12-24-46(47)49)58-60-55(39-17-4-3-5-18-39)36-56(61-58)51-26-14-19-37-15-6-8-20-41(37)51/h3-36H,1-2H3. The summed E-state index contributed by atoms with van der Waals surface area (Å²) in [6, 6.07) is 74.8. The number of aromatic nitrogens is 2. The average Bonchev–Trinajstić information content (AvgIpc) is 3.56. The van der Waals surface area contributed by atoms with Crippen LogP contribution in [0.1, 0.15) is 25.0 Å². The molecule has 0 saturated carbocycles. The van der Waals surface area contributed by atoms with Crippen LogP contribution in [0.2, 0.25) is 0 Å². The van der Waals surface area contributed by atoms with Crippen molar-refractivity contribution >= 4 is 43.1 Å². The molecule has 0 fully saturated rings. The average molecular weight is 777 g/mol. The van der Waals surface area contributed by atoms with Gasteiger partial charge < -0.3 is 0 Å². The molecule has 0 atom stereocenters. The second kappa shape index (κ2) is 13.7. The van der Waals surface area contributed by atoms with Gasteiger partial charge in [0.15, 0.2) is 5.82 Å². The smallest absolute Gasteiger partial charge is 0.161 e. The minimum absolute atomic E-state index is 0.127. The van der Waals surface area contributed by atoms with Crippen molar-refractivity contribution in [3.05, 3.63) is 217 Å². The van der Waals surface area contributed by atoms with Crippen molar-refractivity contribution in [1.29, 1.82) is 0 Å². The Labute approximate surface area is 355 Å². The van der Waals surface area contributed by atoms with E-state index in [1.807, 2.05) is 6.07 Å². The highest BCUT2D eigenvalue weighted by Gasteiger charge is 2.37. The number of hydrogen-bond donors (Lipinski definition) is 0. The Balaban J connectivity index is 1.000. The molecule has 0 radical (unpaired) electrons. The molecule has 286 valence electrons. The predicted octanol–water partition coefficient (Wildman–Crippen LogP) is 15.7. The first-order valence-electron chi connectivity index (χ1n) is 21.2. The Morgan fingerprint density at radius 1 is 0.311 bits per heavy atom. The van der Waals surface area contributed by atoms with Crippen molar-refractivity contribution in [2.45, 2.75) is 19.3 Å². The molecule has 10 aromatic carbocycles. The van der Waals surface area contributed by atoms with E-state index < -0.39 is 0 Å². The third-order valence-electron chi connectivity index (χ3n) is 13.1. The van der Waals surface area contributed by atoms with Crippen LogP contribution in [0, 0.1) is 0 Å². The largest absolute Gasteiger partial charge is 0.228 e. The first-order chi connectivity index (χ1) is 30.0. The third-order valence-corrected chi connectivity index (χ3v) is 13.1. The van der Waals surface area contributed by atoms with Crippen LogP contribution >= 0.6 is 0 Å². The minimum Gasteiger partial charge on any atom is -0.228 e. The van der Waals surface area contributed by atoms with E-state index in [1.165, 1.54) is 82.2 Å². The van der Waals surface area contributed by atoms with Gasteiger partial charge in [-0.25, -0.2) is 9.97 Å². The lowest BCUT2D eigenvalue weighted by Gasteiger charge is -2.24. The Morgan fingerprint density at radius 2 is 0.820 bits per heavy atom. The van der Waals surface area contributed by atoms with Crippen LogP contribution < -0.4 is 0 Å². The van der Waals surface area contributed by atoms with Gasteiger partial charge in [-0.3, -0.25) is 0 Å². The van der Waals surface area contributed by atoms with Crippen LogP contribution in [0.25, 0.3) is 110 Å². The monoisotopic (exact) mass is 776 g/mol. The molecule has 0 unspecified atom stereocenters. The first kappa shape index (κ1) is 35.3. The lowest BCUT2D eigenvalue weighted by Crippen LogP contribution is -2.15. The van der Waals surface area contributed by atoms with E-state index in [4.69, 9.17) is 9.97 Å². The van der Waals surface area contributed by atoms with Gasteiger partial charge in [-0.1, -0.05) is 202 Å². The predicted molar refractivity (Wildman–Crippen MR) is 257 cm³/mol. The second-order valence-electron chi connectivity index (χ2n) is 16.9. The van der Waals surface area contributed by atoms with E-state index >= 15 is 0 Å². The maximum atomic E-state index is 5.35. The summed E-state index contributed by atoms with van der Waals surface area (Å²) in [4.78, 5) is 10.6. The summed E-state index contributed by atoms with van der Waals surface area (Å²) in [5.74, 6) is 0.710. The summed E-state index contributed by atoms with van der Waals surface area (Å²) in [6.07, 6.45) is 0. The Bertz CT molecular complexity index is 3560. The minimum atomic E-state index is -0.127. The number of rotatable bonds is 5. The first-order valence-corrected chi connectivity index (χ1v) is 21.2. The summed E-state index contributed by atoms with van der Waals surface area (Å²) in [6.45, 7) is 4.77. The molecule has 0 N–H and O–H groups in total. The quantitative estimate of drug-likeness (QED) is 0.174. The second-order valence-corrected chi connectivity index (χ2v) is 16.9. The van der Waals surface area contributed by atoms with Gasteiger partial charge in [0, 0.05) is 22.1 Å². The maximum absolute atomic E-state index is 5.35. The molecule has 0 saturated heterocycles. The van der Waals surface area contributed by atoms with Crippen molar-refractivity contribution in [2.24, 2.45) is 0 Å². The van der Waals surface area contributed by atoms with Crippen molar-refractivity contribution in [3.63, 3.8) is 0 Å². The molecule has 61 heavy (non-hydrogen) atoms. The zero-order chi connectivity index (χ0) is 40.7. The molecule has 1 heterocycles. The van der Waals surface area contributed by atoms with E-state index in [0.29, 0.717) is 5.82 Å². The van der Waals surface area contributed by atoms with E-state index in [9.17, 15) is 0 Å². The zero-order valence-electron chi connectivity index (χ0n) is 34.0. The molecular formula is C59H40N2. The molecule has 12 rings (SSSR count). The summed E-state index contributed by atoms with van der Waals surface area (Å²) in [5.41, 5.74) is 15.2. The Kier molecular flexibility index (Phi) is 7.92. The summed E-state index contributed by atoms with van der Waals surface area (Å²) >= 11 is 0. The van der Waals surface area contributed by atoms with Crippen molar-refractivity contribution in [1.82, 2.24) is 9.97 Å². The van der Waals surface area contributed by atoms with Crippen LogP contribution in [-0.2, 0) is 5.41 Å². The van der Waals surface area contributed by atoms with Crippen LogP contribution in [0.3, 0.4) is 0 Å². The molecule has 0 bridgehead atoms. The van der Waals surface area contributed by atoms with Gasteiger partial charge in [0.1, 0.15) is 0 Å². The fourth-order valence-corrected chi connectivity index (χ4v) is 10.2. The molecular weight excluding hydrogens is 737 g/mol. The highest BCUT2D eigenvalue weighted by atomic mass is 14.9. The van der Waals surface area contributed by atoms with Crippen LogP contribution in [0.4, 0.5) is 0 Å². The number of nitrogens with zero attached hydrogens (tertiary/aromatic N) is 2. The lowest BCUT2D eigenvalue weighted by atomic mass is 9.79. The zero-order valence-corrected chi connectivity index (χ0v) is 34.0. The number of hydrogen-bond acceptors (Lipinski definition) is 2. The number of fused-ring (bicyclic) bond motifs is 8. The summed E-state index contributed by atoms with van der Waals surface area (Å²) < 4.78 is 0. The van der Waals surface area contributed by atoms with Crippen LogP contribution in [-0.4, -0.2) is 9.97 Å². The molecule has 2 nitrogen and oxygen atoms in total. The fraction of sp³-hybridized carbons (Fsp3) is 0.0508.